The van der Waals surface area contributed by atoms with Crippen molar-refractivity contribution in [2.24, 2.45) is 0 Å². The van der Waals surface area contributed by atoms with Crippen LogP contribution in [-0.4, -0.2) is 68.8 Å². The van der Waals surface area contributed by atoms with Crippen LogP contribution in [0.15, 0.2) is 48.5 Å². The largest absolute Gasteiger partial charge is 0.487 e. The summed E-state index contributed by atoms with van der Waals surface area (Å²) in [6.45, 7) is -0.0396. The van der Waals surface area contributed by atoms with Gasteiger partial charge in [0.05, 0.1) is 19.8 Å². The van der Waals surface area contributed by atoms with Gasteiger partial charge in [0, 0.05) is 0 Å². The highest BCUT2D eigenvalue weighted by molar-refractivity contribution is 5.79. The Bertz CT molecular complexity index is 865. The first-order valence-electron chi connectivity index (χ1n) is 10.4. The Kier molecular flexibility index (Phi) is 8.29. The minimum atomic E-state index is -4.34. The summed E-state index contributed by atoms with van der Waals surface area (Å²) in [6.07, 6.45) is 0. The summed E-state index contributed by atoms with van der Waals surface area (Å²) >= 11 is 0. The molecule has 10 heteroatoms. The van der Waals surface area contributed by atoms with Crippen LogP contribution in [0.1, 0.15) is 6.92 Å². The second kappa shape index (κ2) is 11.2. The van der Waals surface area contributed by atoms with E-state index in [1.165, 1.54) is 19.1 Å². The lowest BCUT2D eigenvalue weighted by molar-refractivity contribution is -0.226. The molecule has 3 rings (SSSR count). The van der Waals surface area contributed by atoms with E-state index in [2.05, 4.69) is 4.74 Å². The van der Waals surface area contributed by atoms with Crippen molar-refractivity contribution >= 4 is 5.97 Å². The highest BCUT2D eigenvalue weighted by atomic mass is 19.3. The Labute approximate surface area is 189 Å². The fourth-order valence-electron chi connectivity index (χ4n) is 2.93. The average molecular weight is 468 g/mol. The van der Waals surface area contributed by atoms with Crippen LogP contribution in [0.4, 0.5) is 8.78 Å². The molecule has 2 aromatic carbocycles. The number of benzene rings is 2. The molecule has 1 aliphatic rings. The number of rotatable bonds is 3. The average Bonchev–Trinajstić information content (AvgIpc) is 2.81. The van der Waals surface area contributed by atoms with E-state index in [1.807, 2.05) is 0 Å². The fraction of sp³-hybridized carbons (Fsp3) is 0.435. The Morgan fingerprint density at radius 2 is 1.30 bits per heavy atom. The monoisotopic (exact) mass is 468 g/mol. The SMILES string of the molecule is CCOC(=O)C(F)(F)C1(O)COc2ccccc2OCCOCCOc2ccccc2OC1. The van der Waals surface area contributed by atoms with Gasteiger partial charge in [-0.05, 0) is 31.2 Å². The number of alkyl halides is 2. The van der Waals surface area contributed by atoms with Gasteiger partial charge in [0.2, 0.25) is 5.60 Å². The van der Waals surface area contributed by atoms with Gasteiger partial charge >= 0.3 is 11.9 Å². The van der Waals surface area contributed by atoms with E-state index in [4.69, 9.17) is 23.7 Å². The third-order valence-electron chi connectivity index (χ3n) is 4.72. The van der Waals surface area contributed by atoms with E-state index in [9.17, 15) is 9.90 Å². The fourth-order valence-corrected chi connectivity index (χ4v) is 2.93. The smallest absolute Gasteiger partial charge is 0.380 e. The molecule has 0 unspecified atom stereocenters. The maximum atomic E-state index is 15.1. The second-order valence-corrected chi connectivity index (χ2v) is 7.11. The van der Waals surface area contributed by atoms with Crippen LogP contribution in [0.2, 0.25) is 0 Å². The molecule has 0 saturated heterocycles. The van der Waals surface area contributed by atoms with Gasteiger partial charge in [-0.1, -0.05) is 24.3 Å². The van der Waals surface area contributed by atoms with Gasteiger partial charge in [-0.3, -0.25) is 0 Å². The quantitative estimate of drug-likeness (QED) is 0.688. The lowest BCUT2D eigenvalue weighted by atomic mass is 9.97. The molecular weight excluding hydrogens is 442 g/mol. The Morgan fingerprint density at radius 3 is 1.73 bits per heavy atom. The molecule has 0 spiro atoms. The van der Waals surface area contributed by atoms with Crippen LogP contribution < -0.4 is 18.9 Å². The lowest BCUT2D eigenvalue weighted by Gasteiger charge is -2.33. The van der Waals surface area contributed by atoms with Crippen molar-refractivity contribution in [3.63, 3.8) is 0 Å². The summed E-state index contributed by atoms with van der Waals surface area (Å²) in [4.78, 5) is 12.0. The van der Waals surface area contributed by atoms with Crippen LogP contribution in [0.5, 0.6) is 23.0 Å². The predicted molar refractivity (Wildman–Crippen MR) is 112 cm³/mol. The molecule has 0 radical (unpaired) electrons. The minimum Gasteiger partial charge on any atom is -0.487 e. The van der Waals surface area contributed by atoms with Gasteiger partial charge < -0.3 is 33.5 Å². The summed E-state index contributed by atoms with van der Waals surface area (Å²) in [7, 11) is 0. The number of aliphatic hydroxyl groups is 1. The third-order valence-corrected chi connectivity index (χ3v) is 4.72. The molecule has 0 aromatic heterocycles. The standard InChI is InChI=1S/C23H26F2O8/c1-2-29-21(26)23(24,25)22(27)15-32-19-9-5-3-7-17(19)30-13-11-28-12-14-31-18-8-4-6-10-20(18)33-16-22/h3-10,27H,2,11-16H2,1H3. The number of carbonyl (C=O) groups is 1. The van der Waals surface area contributed by atoms with Gasteiger partial charge in [-0.25, -0.2) is 4.79 Å². The van der Waals surface area contributed by atoms with E-state index >= 15 is 8.78 Å². The minimum absolute atomic E-state index is 0.103. The molecule has 1 aliphatic heterocycles. The molecule has 0 saturated carbocycles. The molecular formula is C23H26F2O8. The van der Waals surface area contributed by atoms with Gasteiger partial charge in [0.25, 0.3) is 0 Å². The number of hydrogen-bond donors (Lipinski definition) is 1. The van der Waals surface area contributed by atoms with E-state index in [-0.39, 0.29) is 56.0 Å². The summed E-state index contributed by atoms with van der Waals surface area (Å²) < 4.78 is 62.2. The summed E-state index contributed by atoms with van der Waals surface area (Å²) in [5.41, 5.74) is -3.07. The van der Waals surface area contributed by atoms with Gasteiger partial charge in [0.1, 0.15) is 26.4 Å². The summed E-state index contributed by atoms with van der Waals surface area (Å²) in [6, 6.07) is 12.7. The van der Waals surface area contributed by atoms with Crippen molar-refractivity contribution in [2.75, 3.05) is 46.2 Å². The Hall–Kier alpha value is -3.11. The van der Waals surface area contributed by atoms with Crippen molar-refractivity contribution < 1.29 is 47.1 Å². The van der Waals surface area contributed by atoms with Crippen LogP contribution in [-0.2, 0) is 14.3 Å². The van der Waals surface area contributed by atoms with Crippen molar-refractivity contribution in [3.05, 3.63) is 48.5 Å². The molecule has 180 valence electrons. The van der Waals surface area contributed by atoms with Crippen LogP contribution in [0, 0.1) is 0 Å². The Morgan fingerprint density at radius 1 is 0.879 bits per heavy atom. The predicted octanol–water partition coefficient (Wildman–Crippen LogP) is 2.86. The number of carbonyl (C=O) groups excluding carboxylic acids is 1. The molecule has 0 aliphatic carbocycles. The van der Waals surface area contributed by atoms with E-state index in [1.54, 1.807) is 36.4 Å². The van der Waals surface area contributed by atoms with Crippen LogP contribution >= 0.6 is 0 Å². The second-order valence-electron chi connectivity index (χ2n) is 7.11. The molecule has 0 amide bonds. The zero-order valence-electron chi connectivity index (χ0n) is 18.1. The van der Waals surface area contributed by atoms with Crippen molar-refractivity contribution in [3.8, 4) is 23.0 Å². The van der Waals surface area contributed by atoms with E-state index < -0.39 is 30.7 Å². The van der Waals surface area contributed by atoms with Crippen LogP contribution in [0.3, 0.4) is 0 Å². The summed E-state index contributed by atoms with van der Waals surface area (Å²) in [5, 5.41) is 11.0. The first-order chi connectivity index (χ1) is 15.9. The van der Waals surface area contributed by atoms with Crippen molar-refractivity contribution in [1.82, 2.24) is 0 Å². The zero-order chi connectivity index (χ0) is 23.7. The van der Waals surface area contributed by atoms with Gasteiger partial charge in [-0.15, -0.1) is 0 Å². The molecule has 1 N–H and O–H groups in total. The summed E-state index contributed by atoms with van der Waals surface area (Å²) in [5.74, 6) is -5.50. The number of halogens is 2. The highest BCUT2D eigenvalue weighted by Crippen LogP contribution is 2.35. The molecule has 33 heavy (non-hydrogen) atoms. The Balaban J connectivity index is 1.93. The number of ether oxygens (including phenoxy) is 6. The normalized spacial score (nSPS) is 17.1. The van der Waals surface area contributed by atoms with E-state index in [0.717, 1.165) is 0 Å². The molecule has 0 bridgehead atoms. The third kappa shape index (κ3) is 6.02. The van der Waals surface area contributed by atoms with Gasteiger partial charge in [-0.2, -0.15) is 8.78 Å². The first kappa shape index (κ1) is 24.5. The van der Waals surface area contributed by atoms with Crippen LogP contribution in [0.25, 0.3) is 0 Å². The topological polar surface area (TPSA) is 92.7 Å². The maximum Gasteiger partial charge on any atom is 0.380 e. The molecule has 0 fully saturated rings. The lowest BCUT2D eigenvalue weighted by Crippen LogP contribution is -2.60. The molecule has 8 nitrogen and oxygen atoms in total. The zero-order valence-corrected chi connectivity index (χ0v) is 18.1. The molecule has 1 heterocycles. The number of para-hydroxylation sites is 4. The number of hydrogen-bond acceptors (Lipinski definition) is 8. The van der Waals surface area contributed by atoms with Crippen molar-refractivity contribution in [2.45, 2.75) is 18.4 Å². The van der Waals surface area contributed by atoms with E-state index in [0.29, 0.717) is 0 Å². The highest BCUT2D eigenvalue weighted by Gasteiger charge is 2.61. The van der Waals surface area contributed by atoms with Crippen molar-refractivity contribution in [1.29, 1.82) is 0 Å². The number of esters is 1. The maximum absolute atomic E-state index is 15.1. The molecule has 2 aromatic rings. The molecule has 0 atom stereocenters. The number of fused-ring (bicyclic) bond motifs is 2. The van der Waals surface area contributed by atoms with Gasteiger partial charge in [0.15, 0.2) is 23.0 Å². The first-order valence-corrected chi connectivity index (χ1v) is 10.4.